The molecular weight excluding hydrogens is 350 g/mol. The predicted octanol–water partition coefficient (Wildman–Crippen LogP) is 2.54. The number of ether oxygens (including phenoxy) is 1. The molecule has 0 amide bonds. The molecule has 2 aromatic heterocycles. The van der Waals surface area contributed by atoms with Crippen molar-refractivity contribution in [2.45, 2.75) is 51.4 Å². The first kappa shape index (κ1) is 17.9. The summed E-state index contributed by atoms with van der Waals surface area (Å²) in [6.07, 6.45) is 7.93. The summed E-state index contributed by atoms with van der Waals surface area (Å²) < 4.78 is 10.4. The molecule has 2 aromatic rings. The summed E-state index contributed by atoms with van der Waals surface area (Å²) in [4.78, 5) is 36.4. The van der Waals surface area contributed by atoms with Gasteiger partial charge in [0.25, 0.3) is 5.56 Å². The maximum absolute atomic E-state index is 12.5. The largest absolute Gasteiger partial charge is 0.403 e. The summed E-state index contributed by atoms with van der Waals surface area (Å²) in [6, 6.07) is 1.31. The summed E-state index contributed by atoms with van der Waals surface area (Å²) in [5.74, 6) is 0.879. The number of nitrogens with one attached hydrogen (secondary N) is 1. The fourth-order valence-electron chi connectivity index (χ4n) is 3.33. The van der Waals surface area contributed by atoms with Crippen molar-refractivity contribution in [2.75, 3.05) is 13.2 Å². The Labute approximate surface area is 155 Å². The van der Waals surface area contributed by atoms with Crippen LogP contribution in [0.25, 0.3) is 11.1 Å². The van der Waals surface area contributed by atoms with Crippen LogP contribution in [0.3, 0.4) is 0 Å². The average Bonchev–Trinajstić information content (AvgIpc) is 3.48. The number of hydrogen-bond acceptors (Lipinski definition) is 7. The fourth-order valence-corrected chi connectivity index (χ4v) is 3.33. The van der Waals surface area contributed by atoms with Crippen LogP contribution in [0.5, 0.6) is 6.01 Å². The van der Waals surface area contributed by atoms with Gasteiger partial charge in [-0.3, -0.25) is 9.78 Å². The van der Waals surface area contributed by atoms with Crippen LogP contribution < -0.4 is 16.0 Å². The molecule has 0 spiro atoms. The van der Waals surface area contributed by atoms with E-state index in [1.54, 1.807) is 0 Å². The molecule has 8 heteroatoms. The van der Waals surface area contributed by atoms with E-state index in [4.69, 9.17) is 14.0 Å². The van der Waals surface area contributed by atoms with Gasteiger partial charge in [-0.1, -0.05) is 30.8 Å². The van der Waals surface area contributed by atoms with Crippen molar-refractivity contribution in [1.29, 1.82) is 0 Å². The monoisotopic (exact) mass is 373 g/mol. The van der Waals surface area contributed by atoms with E-state index < -0.39 is 5.63 Å². The Morgan fingerprint density at radius 3 is 2.81 bits per heavy atom. The van der Waals surface area contributed by atoms with Gasteiger partial charge in [-0.05, 0) is 24.3 Å². The highest BCUT2D eigenvalue weighted by Gasteiger charge is 2.20. The first-order chi connectivity index (χ1) is 13.2. The molecule has 8 nitrogen and oxygen atoms in total. The van der Waals surface area contributed by atoms with Crippen LogP contribution in [0.2, 0.25) is 0 Å². The number of fused-ring (bicyclic) bond motifs is 1. The summed E-state index contributed by atoms with van der Waals surface area (Å²) in [7, 11) is 0. The highest BCUT2D eigenvalue weighted by molar-refractivity contribution is 5.84. The van der Waals surface area contributed by atoms with Gasteiger partial charge >= 0.3 is 11.6 Å². The van der Waals surface area contributed by atoms with Crippen molar-refractivity contribution in [2.24, 2.45) is 11.1 Å². The van der Waals surface area contributed by atoms with E-state index in [1.165, 1.54) is 25.3 Å². The molecule has 2 aliphatic rings. The second-order valence-electron chi connectivity index (χ2n) is 7.19. The molecule has 3 heterocycles. The first-order valence-corrected chi connectivity index (χ1v) is 9.56. The second-order valence-corrected chi connectivity index (χ2v) is 7.19. The number of unbranched alkanes of at least 4 members (excludes halogenated alkanes) is 1. The molecule has 1 N–H and O–H groups in total. The van der Waals surface area contributed by atoms with Gasteiger partial charge in [0.1, 0.15) is 5.39 Å². The van der Waals surface area contributed by atoms with E-state index in [2.05, 4.69) is 15.1 Å². The van der Waals surface area contributed by atoms with Crippen molar-refractivity contribution in [3.63, 3.8) is 0 Å². The molecule has 144 valence electrons. The van der Waals surface area contributed by atoms with Gasteiger partial charge in [0.2, 0.25) is 5.71 Å². The van der Waals surface area contributed by atoms with E-state index in [-0.39, 0.29) is 17.3 Å². The standard InChI is InChI=1S/C19H23N3O5/c23-15-11-13(4-2-1-3-12-5-6-12)16-17(24)20-19(21-18(16)26-15)27-22-14-7-9-25-10-8-14/h11-12H,1-10H2,(H,20,21,24). The SMILES string of the molecule is O=c1cc(CCCCC2CC2)c2c(=O)[nH]c(ON=C3CCOCC3)nc2o1. The summed E-state index contributed by atoms with van der Waals surface area (Å²) in [5.41, 5.74) is 0.608. The lowest BCUT2D eigenvalue weighted by Crippen LogP contribution is -2.17. The van der Waals surface area contributed by atoms with E-state index in [9.17, 15) is 9.59 Å². The van der Waals surface area contributed by atoms with Crippen LogP contribution in [0.4, 0.5) is 0 Å². The zero-order valence-corrected chi connectivity index (χ0v) is 15.2. The van der Waals surface area contributed by atoms with Crippen molar-refractivity contribution in [1.82, 2.24) is 9.97 Å². The van der Waals surface area contributed by atoms with Gasteiger partial charge in [-0.25, -0.2) is 4.79 Å². The Morgan fingerprint density at radius 2 is 2.04 bits per heavy atom. The van der Waals surface area contributed by atoms with Crippen LogP contribution in [0, 0.1) is 5.92 Å². The third-order valence-electron chi connectivity index (χ3n) is 5.01. The molecule has 1 aliphatic carbocycles. The molecule has 0 radical (unpaired) electrons. The van der Waals surface area contributed by atoms with Crippen molar-refractivity contribution in [3.8, 4) is 6.01 Å². The Kier molecular flexibility index (Phi) is 5.33. The normalized spacial score (nSPS) is 17.3. The molecule has 0 bridgehead atoms. The van der Waals surface area contributed by atoms with Crippen LogP contribution in [-0.4, -0.2) is 28.9 Å². The van der Waals surface area contributed by atoms with E-state index >= 15 is 0 Å². The predicted molar refractivity (Wildman–Crippen MR) is 99.3 cm³/mol. The Hall–Kier alpha value is -2.48. The van der Waals surface area contributed by atoms with Crippen molar-refractivity contribution >= 4 is 16.8 Å². The minimum Gasteiger partial charge on any atom is -0.403 e. The van der Waals surface area contributed by atoms with Crippen LogP contribution >= 0.6 is 0 Å². The molecule has 27 heavy (non-hydrogen) atoms. The van der Waals surface area contributed by atoms with Gasteiger partial charge in [0.05, 0.1) is 18.9 Å². The van der Waals surface area contributed by atoms with Gasteiger partial charge in [-0.2, -0.15) is 4.98 Å². The number of hydrogen-bond donors (Lipinski definition) is 1. The van der Waals surface area contributed by atoms with Crippen LogP contribution in [-0.2, 0) is 11.2 Å². The summed E-state index contributed by atoms with van der Waals surface area (Å²) in [6.45, 7) is 1.20. The molecule has 1 saturated heterocycles. The Morgan fingerprint density at radius 1 is 1.22 bits per heavy atom. The minimum absolute atomic E-state index is 0.00868. The summed E-state index contributed by atoms with van der Waals surface area (Å²) in [5, 5.41) is 4.33. The molecule has 1 aliphatic heterocycles. The molecule has 0 atom stereocenters. The lowest BCUT2D eigenvalue weighted by Gasteiger charge is -2.12. The molecule has 0 unspecified atom stereocenters. The minimum atomic E-state index is -0.514. The number of rotatable bonds is 7. The molecular formula is C19H23N3O5. The zero-order valence-electron chi connectivity index (χ0n) is 15.2. The van der Waals surface area contributed by atoms with Crippen LogP contribution in [0.15, 0.2) is 25.2 Å². The number of nitrogens with zero attached hydrogens (tertiary/aromatic N) is 2. The molecule has 4 rings (SSSR count). The maximum Gasteiger partial charge on any atom is 0.337 e. The van der Waals surface area contributed by atoms with E-state index in [0.29, 0.717) is 43.4 Å². The maximum atomic E-state index is 12.5. The number of aromatic nitrogens is 2. The lowest BCUT2D eigenvalue weighted by atomic mass is 10.0. The third-order valence-corrected chi connectivity index (χ3v) is 5.01. The third kappa shape index (κ3) is 4.63. The highest BCUT2D eigenvalue weighted by Crippen LogP contribution is 2.34. The quantitative estimate of drug-likeness (QED) is 0.590. The number of H-pyrrole nitrogens is 1. The topological polar surface area (TPSA) is 107 Å². The van der Waals surface area contributed by atoms with E-state index in [0.717, 1.165) is 24.5 Å². The molecule has 0 aromatic carbocycles. The zero-order chi connectivity index (χ0) is 18.6. The highest BCUT2D eigenvalue weighted by atomic mass is 16.6. The van der Waals surface area contributed by atoms with Gasteiger partial charge in [0, 0.05) is 18.9 Å². The van der Waals surface area contributed by atoms with Crippen LogP contribution in [0.1, 0.15) is 50.5 Å². The fraction of sp³-hybridized carbons (Fsp3) is 0.579. The van der Waals surface area contributed by atoms with E-state index in [1.807, 2.05) is 0 Å². The Balaban J connectivity index is 1.54. The van der Waals surface area contributed by atoms with Gasteiger partial charge < -0.3 is 14.0 Å². The van der Waals surface area contributed by atoms with Gasteiger partial charge in [-0.15, -0.1) is 0 Å². The second kappa shape index (κ2) is 8.04. The van der Waals surface area contributed by atoms with Gasteiger partial charge in [0.15, 0.2) is 0 Å². The van der Waals surface area contributed by atoms with Crippen molar-refractivity contribution in [3.05, 3.63) is 32.4 Å². The number of aromatic amines is 1. The molecule has 1 saturated carbocycles. The number of oxime groups is 1. The first-order valence-electron chi connectivity index (χ1n) is 9.56. The van der Waals surface area contributed by atoms with Crippen molar-refractivity contribution < 1.29 is 14.0 Å². The smallest absolute Gasteiger partial charge is 0.337 e. The lowest BCUT2D eigenvalue weighted by molar-refractivity contribution is 0.132. The average molecular weight is 373 g/mol. The Bertz CT molecular complexity index is 950. The molecule has 2 fully saturated rings. The number of aryl methyl sites for hydroxylation is 1. The summed E-state index contributed by atoms with van der Waals surface area (Å²) >= 11 is 0.